The van der Waals surface area contributed by atoms with Gasteiger partial charge in [-0.1, -0.05) is 36.4 Å². The predicted octanol–water partition coefficient (Wildman–Crippen LogP) is 4.10. The fraction of sp³-hybridized carbons (Fsp3) is 0.323. The molecule has 1 N–H and O–H groups in total. The minimum atomic E-state index is -0.261. The number of morpholine rings is 1. The van der Waals surface area contributed by atoms with Gasteiger partial charge in [0.25, 0.3) is 5.56 Å². The number of benzene rings is 3. The Bertz CT molecular complexity index is 1540. The van der Waals surface area contributed by atoms with Gasteiger partial charge in [0.2, 0.25) is 5.91 Å². The van der Waals surface area contributed by atoms with Crippen LogP contribution in [0, 0.1) is 0 Å². The number of hydrogen-bond donors (Lipinski definition) is 1. The molecule has 0 unspecified atom stereocenters. The molecule has 202 valence electrons. The topological polar surface area (TPSA) is 85.7 Å². The molecule has 3 aromatic carbocycles. The Morgan fingerprint density at radius 2 is 1.74 bits per heavy atom. The molecule has 0 bridgehead atoms. The summed E-state index contributed by atoms with van der Waals surface area (Å²) in [5.74, 6) is 0.822. The molecule has 0 atom stereocenters. The Kier molecular flexibility index (Phi) is 8.05. The lowest BCUT2D eigenvalue weighted by Crippen LogP contribution is -2.37. The number of carbonyl (C=O) groups is 1. The summed E-state index contributed by atoms with van der Waals surface area (Å²) in [6.07, 6.45) is 0. The molecule has 39 heavy (non-hydrogen) atoms. The number of methoxy groups -OCH3 is 1. The van der Waals surface area contributed by atoms with E-state index in [1.807, 2.05) is 62.4 Å². The molecule has 1 amide bonds. The van der Waals surface area contributed by atoms with E-state index in [1.54, 1.807) is 7.11 Å². The summed E-state index contributed by atoms with van der Waals surface area (Å²) >= 11 is 0. The third-order valence-corrected chi connectivity index (χ3v) is 6.80. The summed E-state index contributed by atoms with van der Waals surface area (Å²) in [5, 5.41) is 3.35. The molecule has 0 radical (unpaired) electrons. The molecule has 8 nitrogen and oxygen atoms in total. The van der Waals surface area contributed by atoms with Crippen LogP contribution in [0.25, 0.3) is 33.4 Å². The van der Waals surface area contributed by atoms with E-state index in [2.05, 4.69) is 28.4 Å². The lowest BCUT2D eigenvalue weighted by Gasteiger charge is -2.26. The summed E-state index contributed by atoms with van der Waals surface area (Å²) in [4.78, 5) is 33.9. The molecule has 1 fully saturated rings. The van der Waals surface area contributed by atoms with Crippen molar-refractivity contribution in [2.75, 3.05) is 33.4 Å². The number of nitrogens with one attached hydrogen (secondary N) is 1. The van der Waals surface area contributed by atoms with E-state index in [1.165, 1.54) is 10.1 Å². The monoisotopic (exact) mass is 526 g/mol. The number of carbonyl (C=O) groups excluding carboxylic acids is 1. The highest BCUT2D eigenvalue weighted by Crippen LogP contribution is 2.27. The van der Waals surface area contributed by atoms with Crippen LogP contribution in [-0.2, 0) is 22.6 Å². The van der Waals surface area contributed by atoms with E-state index in [0.717, 1.165) is 44.0 Å². The number of fused-ring (bicyclic) bond motifs is 1. The van der Waals surface area contributed by atoms with E-state index >= 15 is 0 Å². The maximum atomic E-state index is 13.9. The third-order valence-electron chi connectivity index (χ3n) is 6.80. The highest BCUT2D eigenvalue weighted by molar-refractivity contribution is 5.86. The summed E-state index contributed by atoms with van der Waals surface area (Å²) < 4.78 is 12.3. The van der Waals surface area contributed by atoms with Gasteiger partial charge in [0.15, 0.2) is 0 Å². The van der Waals surface area contributed by atoms with Gasteiger partial charge in [-0.3, -0.25) is 19.1 Å². The van der Waals surface area contributed by atoms with Crippen molar-refractivity contribution < 1.29 is 14.3 Å². The highest BCUT2D eigenvalue weighted by Gasteiger charge is 2.18. The summed E-state index contributed by atoms with van der Waals surface area (Å²) in [7, 11) is 1.59. The van der Waals surface area contributed by atoms with Crippen LogP contribution in [-0.4, -0.2) is 59.8 Å². The van der Waals surface area contributed by atoms with Crippen molar-refractivity contribution in [3.05, 3.63) is 82.6 Å². The molecular formula is C31H34N4O4. The Morgan fingerprint density at radius 1 is 1.00 bits per heavy atom. The van der Waals surface area contributed by atoms with Gasteiger partial charge in [-0.05, 0) is 60.9 Å². The average Bonchev–Trinajstić information content (AvgIpc) is 2.94. The van der Waals surface area contributed by atoms with E-state index in [4.69, 9.17) is 14.5 Å². The van der Waals surface area contributed by atoms with E-state index in [-0.39, 0.29) is 24.1 Å². The first-order valence-corrected chi connectivity index (χ1v) is 13.3. The standard InChI is InChI=1S/C31H34N4O4/c1-21(2)32-29(36)20-35-30(25-8-5-9-26(17-25)38-3)33-28-11-10-24(18-27(28)31(35)37)23-7-4-6-22(16-23)19-34-12-14-39-15-13-34/h4-11,16-18,21H,12-15,19-20H2,1-3H3,(H,32,36). The molecule has 1 aliphatic rings. The van der Waals surface area contributed by atoms with Gasteiger partial charge in [0, 0.05) is 31.2 Å². The molecular weight excluding hydrogens is 492 g/mol. The second-order valence-electron chi connectivity index (χ2n) is 10.1. The first-order chi connectivity index (χ1) is 18.9. The second-order valence-corrected chi connectivity index (χ2v) is 10.1. The zero-order chi connectivity index (χ0) is 27.4. The zero-order valence-electron chi connectivity index (χ0n) is 22.6. The molecule has 1 aliphatic heterocycles. The van der Waals surface area contributed by atoms with E-state index in [9.17, 15) is 9.59 Å². The van der Waals surface area contributed by atoms with Crippen LogP contribution in [0.2, 0.25) is 0 Å². The largest absolute Gasteiger partial charge is 0.497 e. The molecule has 0 spiro atoms. The predicted molar refractivity (Wildman–Crippen MR) is 153 cm³/mol. The minimum absolute atomic E-state index is 0.0433. The van der Waals surface area contributed by atoms with Crippen molar-refractivity contribution in [2.24, 2.45) is 0 Å². The minimum Gasteiger partial charge on any atom is -0.497 e. The van der Waals surface area contributed by atoms with Gasteiger partial charge in [-0.2, -0.15) is 0 Å². The molecule has 4 aromatic rings. The Hall–Kier alpha value is -4.01. The van der Waals surface area contributed by atoms with Crippen LogP contribution < -0.4 is 15.6 Å². The lowest BCUT2D eigenvalue weighted by molar-refractivity contribution is -0.122. The number of rotatable bonds is 8. The zero-order valence-corrected chi connectivity index (χ0v) is 22.6. The first-order valence-electron chi connectivity index (χ1n) is 13.3. The van der Waals surface area contributed by atoms with Gasteiger partial charge in [-0.15, -0.1) is 0 Å². The SMILES string of the molecule is COc1cccc(-c2nc3ccc(-c4cccc(CN5CCOCC5)c4)cc3c(=O)n2CC(=O)NC(C)C)c1. The van der Waals surface area contributed by atoms with Gasteiger partial charge in [-0.25, -0.2) is 4.98 Å². The smallest absolute Gasteiger partial charge is 0.262 e. The Balaban J connectivity index is 1.56. The number of hydrogen-bond acceptors (Lipinski definition) is 6. The van der Waals surface area contributed by atoms with Gasteiger partial charge in [0.05, 0.1) is 31.2 Å². The van der Waals surface area contributed by atoms with Crippen LogP contribution in [0.1, 0.15) is 19.4 Å². The van der Waals surface area contributed by atoms with Crippen LogP contribution in [0.4, 0.5) is 0 Å². The van der Waals surface area contributed by atoms with Gasteiger partial charge < -0.3 is 14.8 Å². The number of nitrogens with zero attached hydrogens (tertiary/aromatic N) is 3. The van der Waals surface area contributed by atoms with Crippen LogP contribution >= 0.6 is 0 Å². The van der Waals surface area contributed by atoms with Crippen molar-refractivity contribution in [3.63, 3.8) is 0 Å². The molecule has 2 heterocycles. The molecule has 1 saturated heterocycles. The Labute approximate surface area is 228 Å². The normalized spacial score (nSPS) is 14.1. The number of amides is 1. The second kappa shape index (κ2) is 11.8. The first kappa shape index (κ1) is 26.6. The molecule has 8 heteroatoms. The highest BCUT2D eigenvalue weighted by atomic mass is 16.5. The summed E-state index contributed by atoms with van der Waals surface area (Å²) in [6.45, 7) is 7.87. The summed E-state index contributed by atoms with van der Waals surface area (Å²) in [5.41, 5.74) is 4.18. The van der Waals surface area contributed by atoms with Crippen molar-refractivity contribution in [1.82, 2.24) is 19.8 Å². The third kappa shape index (κ3) is 6.19. The van der Waals surface area contributed by atoms with Gasteiger partial charge in [0.1, 0.15) is 18.1 Å². The van der Waals surface area contributed by atoms with Crippen molar-refractivity contribution >= 4 is 16.8 Å². The molecule has 0 saturated carbocycles. The fourth-order valence-electron chi connectivity index (χ4n) is 4.91. The molecule has 1 aromatic heterocycles. The van der Waals surface area contributed by atoms with E-state index < -0.39 is 0 Å². The van der Waals surface area contributed by atoms with Gasteiger partial charge >= 0.3 is 0 Å². The summed E-state index contributed by atoms with van der Waals surface area (Å²) in [6, 6.07) is 21.5. The maximum absolute atomic E-state index is 13.9. The average molecular weight is 527 g/mol. The molecule has 5 rings (SSSR count). The maximum Gasteiger partial charge on any atom is 0.262 e. The van der Waals surface area contributed by atoms with Crippen LogP contribution in [0.5, 0.6) is 5.75 Å². The van der Waals surface area contributed by atoms with Crippen molar-refractivity contribution in [2.45, 2.75) is 33.0 Å². The van der Waals surface area contributed by atoms with Crippen LogP contribution in [0.3, 0.4) is 0 Å². The number of aromatic nitrogens is 2. The van der Waals surface area contributed by atoms with Crippen molar-refractivity contribution in [1.29, 1.82) is 0 Å². The number of ether oxygens (including phenoxy) is 2. The van der Waals surface area contributed by atoms with Crippen molar-refractivity contribution in [3.8, 4) is 28.3 Å². The quantitative estimate of drug-likeness (QED) is 0.372. The lowest BCUT2D eigenvalue weighted by atomic mass is 10.0. The van der Waals surface area contributed by atoms with E-state index in [0.29, 0.717) is 28.0 Å². The Morgan fingerprint density at radius 3 is 2.51 bits per heavy atom. The molecule has 0 aliphatic carbocycles. The fourth-order valence-corrected chi connectivity index (χ4v) is 4.91. The van der Waals surface area contributed by atoms with Crippen LogP contribution in [0.15, 0.2) is 71.5 Å².